The van der Waals surface area contributed by atoms with Crippen LogP contribution in [0.5, 0.6) is 0 Å². The summed E-state index contributed by atoms with van der Waals surface area (Å²) in [6, 6.07) is 4.99. The molecule has 5 nitrogen and oxygen atoms in total. The van der Waals surface area contributed by atoms with Crippen LogP contribution in [0.2, 0.25) is 5.02 Å². The molecule has 1 heterocycles. The molecule has 1 aromatic heterocycles. The lowest BCUT2D eigenvalue weighted by Crippen LogP contribution is -2.13. The standard InChI is InChI=1S/C12H14ClN3O2S/c1-8-4-5-10(6-11(8)13)15-19(17,18)12-7-16(3)9(2)14-12/h4-7,15H,1-3H3. The number of aromatic nitrogens is 2. The molecule has 19 heavy (non-hydrogen) atoms. The van der Waals surface area contributed by atoms with Crippen LogP contribution >= 0.6 is 11.6 Å². The van der Waals surface area contributed by atoms with E-state index in [0.717, 1.165) is 5.56 Å². The van der Waals surface area contributed by atoms with Crippen molar-refractivity contribution in [2.75, 3.05) is 4.72 Å². The largest absolute Gasteiger partial charge is 0.337 e. The van der Waals surface area contributed by atoms with E-state index in [2.05, 4.69) is 9.71 Å². The maximum atomic E-state index is 12.1. The SMILES string of the molecule is Cc1ccc(NS(=O)(=O)c2cn(C)c(C)n2)cc1Cl. The van der Waals surface area contributed by atoms with Crippen molar-refractivity contribution in [3.63, 3.8) is 0 Å². The summed E-state index contributed by atoms with van der Waals surface area (Å²) in [6.45, 7) is 3.59. The fourth-order valence-electron chi connectivity index (χ4n) is 1.52. The average molecular weight is 300 g/mol. The van der Waals surface area contributed by atoms with Crippen LogP contribution in [0.4, 0.5) is 5.69 Å². The van der Waals surface area contributed by atoms with Crippen LogP contribution in [-0.2, 0) is 17.1 Å². The lowest BCUT2D eigenvalue weighted by molar-refractivity contribution is 0.598. The first-order chi connectivity index (χ1) is 8.79. The molecular formula is C12H14ClN3O2S. The Kier molecular flexibility index (Phi) is 3.56. The van der Waals surface area contributed by atoms with Crippen molar-refractivity contribution >= 4 is 27.3 Å². The van der Waals surface area contributed by atoms with E-state index in [-0.39, 0.29) is 5.03 Å². The van der Waals surface area contributed by atoms with Gasteiger partial charge >= 0.3 is 0 Å². The fraction of sp³-hybridized carbons (Fsp3) is 0.250. The highest BCUT2D eigenvalue weighted by atomic mass is 35.5. The molecule has 2 aromatic rings. The number of halogens is 1. The monoisotopic (exact) mass is 299 g/mol. The molecule has 1 aromatic carbocycles. The van der Waals surface area contributed by atoms with Crippen LogP contribution in [0.3, 0.4) is 0 Å². The van der Waals surface area contributed by atoms with Gasteiger partial charge in [0.1, 0.15) is 5.82 Å². The molecule has 0 aliphatic heterocycles. The number of anilines is 1. The Labute approximate surface area is 117 Å². The number of rotatable bonds is 3. The van der Waals surface area contributed by atoms with Crippen LogP contribution in [0.1, 0.15) is 11.4 Å². The smallest absolute Gasteiger partial charge is 0.280 e. The number of nitrogens with zero attached hydrogens (tertiary/aromatic N) is 2. The first-order valence-corrected chi connectivity index (χ1v) is 7.44. The average Bonchev–Trinajstić information content (AvgIpc) is 2.65. The highest BCUT2D eigenvalue weighted by Crippen LogP contribution is 2.22. The van der Waals surface area contributed by atoms with Crippen LogP contribution in [0.25, 0.3) is 0 Å². The third kappa shape index (κ3) is 2.90. The van der Waals surface area contributed by atoms with E-state index in [0.29, 0.717) is 16.5 Å². The van der Waals surface area contributed by atoms with E-state index in [1.165, 1.54) is 6.20 Å². The molecule has 0 atom stereocenters. The van der Waals surface area contributed by atoms with Gasteiger partial charge in [0.05, 0.1) is 5.69 Å². The molecule has 0 fully saturated rings. The van der Waals surface area contributed by atoms with Gasteiger partial charge in [-0.25, -0.2) is 4.98 Å². The van der Waals surface area contributed by atoms with E-state index >= 15 is 0 Å². The highest BCUT2D eigenvalue weighted by molar-refractivity contribution is 7.92. The van der Waals surface area contributed by atoms with Crippen molar-refractivity contribution in [2.24, 2.45) is 7.05 Å². The molecule has 0 aliphatic carbocycles. The molecular weight excluding hydrogens is 286 g/mol. The van der Waals surface area contributed by atoms with Gasteiger partial charge in [-0.15, -0.1) is 0 Å². The van der Waals surface area contributed by atoms with Gasteiger partial charge in [-0.2, -0.15) is 8.42 Å². The van der Waals surface area contributed by atoms with E-state index in [4.69, 9.17) is 11.6 Å². The minimum Gasteiger partial charge on any atom is -0.337 e. The number of hydrogen-bond acceptors (Lipinski definition) is 3. The van der Waals surface area contributed by atoms with E-state index in [1.54, 1.807) is 36.7 Å². The Morgan fingerprint density at radius 3 is 2.53 bits per heavy atom. The topological polar surface area (TPSA) is 64.0 Å². The van der Waals surface area contributed by atoms with Crippen LogP contribution < -0.4 is 4.72 Å². The molecule has 0 amide bonds. The van der Waals surface area contributed by atoms with Crippen molar-refractivity contribution < 1.29 is 8.42 Å². The second-order valence-electron chi connectivity index (χ2n) is 4.31. The number of imidazole rings is 1. The summed E-state index contributed by atoms with van der Waals surface area (Å²) in [4.78, 5) is 4.00. The van der Waals surface area contributed by atoms with Crippen LogP contribution in [0, 0.1) is 13.8 Å². The molecule has 2 rings (SSSR count). The summed E-state index contributed by atoms with van der Waals surface area (Å²) in [7, 11) is -1.95. The number of benzene rings is 1. The van der Waals surface area contributed by atoms with Gasteiger partial charge in [-0.1, -0.05) is 17.7 Å². The summed E-state index contributed by atoms with van der Waals surface area (Å²) in [5.74, 6) is 0.627. The van der Waals surface area contributed by atoms with Gasteiger partial charge in [0, 0.05) is 18.3 Å². The van der Waals surface area contributed by atoms with Gasteiger partial charge in [0.15, 0.2) is 5.03 Å². The first-order valence-electron chi connectivity index (χ1n) is 5.58. The third-order valence-electron chi connectivity index (χ3n) is 2.79. The predicted molar refractivity (Wildman–Crippen MR) is 74.9 cm³/mol. The van der Waals surface area contributed by atoms with Gasteiger partial charge in [-0.05, 0) is 31.5 Å². The highest BCUT2D eigenvalue weighted by Gasteiger charge is 2.18. The van der Waals surface area contributed by atoms with Gasteiger partial charge in [0.25, 0.3) is 10.0 Å². The summed E-state index contributed by atoms with van der Waals surface area (Å²) in [5, 5.41) is 0.501. The van der Waals surface area contributed by atoms with Crippen LogP contribution in [0.15, 0.2) is 29.4 Å². The molecule has 102 valence electrons. The van der Waals surface area contributed by atoms with Crippen molar-refractivity contribution in [2.45, 2.75) is 18.9 Å². The van der Waals surface area contributed by atoms with Crippen molar-refractivity contribution in [1.82, 2.24) is 9.55 Å². The third-order valence-corrected chi connectivity index (χ3v) is 4.44. The lowest BCUT2D eigenvalue weighted by atomic mass is 10.2. The molecule has 0 saturated carbocycles. The van der Waals surface area contributed by atoms with Gasteiger partial charge in [0.2, 0.25) is 0 Å². The van der Waals surface area contributed by atoms with E-state index in [9.17, 15) is 8.42 Å². The summed E-state index contributed by atoms with van der Waals surface area (Å²) in [6.07, 6.45) is 1.47. The summed E-state index contributed by atoms with van der Waals surface area (Å²) < 4.78 is 28.4. The predicted octanol–water partition coefficient (Wildman–Crippen LogP) is 2.49. The zero-order chi connectivity index (χ0) is 14.2. The molecule has 0 unspecified atom stereocenters. The number of hydrogen-bond donors (Lipinski definition) is 1. The number of sulfonamides is 1. The Balaban J connectivity index is 2.33. The molecule has 0 saturated heterocycles. The second-order valence-corrected chi connectivity index (χ2v) is 6.34. The van der Waals surface area contributed by atoms with Crippen molar-refractivity contribution in [3.05, 3.63) is 40.8 Å². The Morgan fingerprint density at radius 2 is 2.00 bits per heavy atom. The molecule has 7 heteroatoms. The summed E-state index contributed by atoms with van der Waals surface area (Å²) >= 11 is 5.96. The normalized spacial score (nSPS) is 11.6. The minimum absolute atomic E-state index is 0.0100. The van der Waals surface area contributed by atoms with E-state index < -0.39 is 10.0 Å². The molecule has 0 spiro atoms. The first kappa shape index (κ1) is 13.9. The number of aryl methyl sites for hydroxylation is 3. The van der Waals surface area contributed by atoms with E-state index in [1.807, 2.05) is 6.92 Å². The fourth-order valence-corrected chi connectivity index (χ4v) is 2.79. The van der Waals surface area contributed by atoms with Crippen molar-refractivity contribution in [1.29, 1.82) is 0 Å². The maximum Gasteiger partial charge on any atom is 0.280 e. The van der Waals surface area contributed by atoms with Gasteiger partial charge < -0.3 is 4.57 Å². The zero-order valence-corrected chi connectivity index (χ0v) is 12.4. The Morgan fingerprint density at radius 1 is 1.32 bits per heavy atom. The lowest BCUT2D eigenvalue weighted by Gasteiger charge is -2.07. The van der Waals surface area contributed by atoms with Crippen LogP contribution in [-0.4, -0.2) is 18.0 Å². The quantitative estimate of drug-likeness (QED) is 0.947. The minimum atomic E-state index is -3.69. The molecule has 0 radical (unpaired) electrons. The van der Waals surface area contributed by atoms with Crippen molar-refractivity contribution in [3.8, 4) is 0 Å². The maximum absolute atomic E-state index is 12.1. The number of nitrogens with one attached hydrogen (secondary N) is 1. The molecule has 1 N–H and O–H groups in total. The van der Waals surface area contributed by atoms with Gasteiger partial charge in [-0.3, -0.25) is 4.72 Å². The second kappa shape index (κ2) is 4.86. The summed E-state index contributed by atoms with van der Waals surface area (Å²) in [5.41, 5.74) is 1.30. The molecule has 0 bridgehead atoms. The Bertz CT molecular complexity index is 703. The molecule has 0 aliphatic rings. The zero-order valence-electron chi connectivity index (χ0n) is 10.8. The Hall–Kier alpha value is -1.53.